The van der Waals surface area contributed by atoms with Gasteiger partial charge in [-0.15, -0.1) is 0 Å². The second-order valence-corrected chi connectivity index (χ2v) is 2.53. The minimum atomic E-state index is -0.347. The average molecular weight is 179 g/mol. The van der Waals surface area contributed by atoms with Crippen molar-refractivity contribution in [3.05, 3.63) is 24.2 Å². The first-order valence-electron chi connectivity index (χ1n) is 4.00. The fourth-order valence-electron chi connectivity index (χ4n) is 1.16. The molecule has 0 spiro atoms. The molecule has 0 aliphatic heterocycles. The van der Waals surface area contributed by atoms with Crippen molar-refractivity contribution in [1.82, 2.24) is 14.6 Å². The highest BCUT2D eigenvalue weighted by Crippen LogP contribution is 2.08. The molecule has 5 nitrogen and oxygen atoms in total. The normalized spacial score (nSPS) is 10.5. The number of ether oxygens (including phenoxy) is 1. The van der Waals surface area contributed by atoms with E-state index in [-0.39, 0.29) is 5.97 Å². The van der Waals surface area contributed by atoms with Gasteiger partial charge in [-0.1, -0.05) is 0 Å². The van der Waals surface area contributed by atoms with Gasteiger partial charge >= 0.3 is 5.97 Å². The van der Waals surface area contributed by atoms with E-state index in [2.05, 4.69) is 10.1 Å². The third-order valence-corrected chi connectivity index (χ3v) is 1.72. The smallest absolute Gasteiger partial charge is 0.343 e. The lowest BCUT2D eigenvalue weighted by Crippen LogP contribution is -2.03. The molecule has 0 unspecified atom stereocenters. The number of carbonyl (C=O) groups excluding carboxylic acids is 1. The molecule has 0 saturated carbocycles. The van der Waals surface area contributed by atoms with Crippen LogP contribution in [0.3, 0.4) is 0 Å². The van der Waals surface area contributed by atoms with Crippen molar-refractivity contribution >= 4 is 11.6 Å². The van der Waals surface area contributed by atoms with Gasteiger partial charge in [0.15, 0.2) is 5.65 Å². The Morgan fingerprint density at radius 1 is 1.77 bits per heavy atom. The lowest BCUT2D eigenvalue weighted by Gasteiger charge is -1.96. The zero-order valence-electron chi connectivity index (χ0n) is 7.15. The first-order valence-corrected chi connectivity index (χ1v) is 4.00. The Morgan fingerprint density at radius 2 is 2.62 bits per heavy atom. The van der Waals surface area contributed by atoms with Crippen LogP contribution >= 0.6 is 0 Å². The molecule has 0 bridgehead atoms. The van der Waals surface area contributed by atoms with Gasteiger partial charge in [0.25, 0.3) is 0 Å². The van der Waals surface area contributed by atoms with Gasteiger partial charge in [0.2, 0.25) is 0 Å². The molecule has 0 radical (unpaired) electrons. The molecule has 0 atom stereocenters. The van der Waals surface area contributed by atoms with Gasteiger partial charge in [-0.3, -0.25) is 5.10 Å². The molecule has 0 aromatic carbocycles. The molecule has 0 fully saturated rings. The maximum absolute atomic E-state index is 11.3. The Balaban J connectivity index is 2.42. The van der Waals surface area contributed by atoms with Crippen LogP contribution in [-0.4, -0.2) is 27.2 Å². The van der Waals surface area contributed by atoms with Gasteiger partial charge in [0, 0.05) is 18.6 Å². The predicted octanol–water partition coefficient (Wildman–Crippen LogP) is 0.839. The van der Waals surface area contributed by atoms with Gasteiger partial charge in [0.1, 0.15) is 5.56 Å². The van der Waals surface area contributed by atoms with Crippen LogP contribution in [0.15, 0.2) is 18.6 Å². The van der Waals surface area contributed by atoms with Gasteiger partial charge in [-0.2, -0.15) is 0 Å². The minimum Gasteiger partial charge on any atom is -0.462 e. The Morgan fingerprint density at radius 3 is 3.38 bits per heavy atom. The molecule has 13 heavy (non-hydrogen) atoms. The molecule has 2 heterocycles. The van der Waals surface area contributed by atoms with Crippen molar-refractivity contribution in [2.24, 2.45) is 0 Å². The molecule has 2 rings (SSSR count). The van der Waals surface area contributed by atoms with Crippen LogP contribution in [0, 0.1) is 0 Å². The van der Waals surface area contributed by atoms with E-state index in [1.807, 2.05) is 0 Å². The molecule has 1 N–H and O–H groups in total. The number of hydrogen-bond donors (Lipinski definition) is 1. The molecule has 0 aliphatic rings. The molecule has 2 aromatic rings. The van der Waals surface area contributed by atoms with Gasteiger partial charge in [0.05, 0.1) is 6.61 Å². The van der Waals surface area contributed by atoms with E-state index >= 15 is 0 Å². The second kappa shape index (κ2) is 2.93. The highest BCUT2D eigenvalue weighted by molar-refractivity contribution is 5.95. The number of imidazole rings is 1. The average Bonchev–Trinajstić information content (AvgIpc) is 2.62. The number of nitrogens with zero attached hydrogens (tertiary/aromatic N) is 2. The summed E-state index contributed by atoms with van der Waals surface area (Å²) in [5.41, 5.74) is 1.06. The zero-order chi connectivity index (χ0) is 9.26. The first-order chi connectivity index (χ1) is 6.33. The van der Waals surface area contributed by atoms with E-state index in [1.165, 1.54) is 0 Å². The van der Waals surface area contributed by atoms with Gasteiger partial charge in [-0.25, -0.2) is 14.3 Å². The summed E-state index contributed by atoms with van der Waals surface area (Å²) in [7, 11) is 0. The fraction of sp³-hybridized carbons (Fsp3) is 0.250. The van der Waals surface area contributed by atoms with E-state index in [9.17, 15) is 4.79 Å². The van der Waals surface area contributed by atoms with Crippen LogP contribution in [0.25, 0.3) is 5.65 Å². The van der Waals surface area contributed by atoms with Crippen LogP contribution in [0.4, 0.5) is 0 Å². The van der Waals surface area contributed by atoms with Crippen molar-refractivity contribution in [2.75, 3.05) is 6.61 Å². The van der Waals surface area contributed by atoms with Crippen LogP contribution in [0.1, 0.15) is 17.3 Å². The third kappa shape index (κ3) is 1.18. The predicted molar refractivity (Wildman–Crippen MR) is 45.5 cm³/mol. The summed E-state index contributed by atoms with van der Waals surface area (Å²) in [6.45, 7) is 2.14. The van der Waals surface area contributed by atoms with Crippen molar-refractivity contribution < 1.29 is 9.53 Å². The molecule has 2 aromatic heterocycles. The van der Waals surface area contributed by atoms with Crippen LogP contribution in [0.5, 0.6) is 0 Å². The molecule has 0 saturated heterocycles. The summed E-state index contributed by atoms with van der Waals surface area (Å²) in [5.74, 6) is -0.347. The largest absolute Gasteiger partial charge is 0.462 e. The number of H-pyrrole nitrogens is 1. The van der Waals surface area contributed by atoms with Crippen LogP contribution in [-0.2, 0) is 4.74 Å². The summed E-state index contributed by atoms with van der Waals surface area (Å²) >= 11 is 0. The number of rotatable bonds is 2. The molecular weight excluding hydrogens is 170 g/mol. The monoisotopic (exact) mass is 179 g/mol. The van der Waals surface area contributed by atoms with Gasteiger partial charge < -0.3 is 4.74 Å². The van der Waals surface area contributed by atoms with Crippen molar-refractivity contribution in [3.8, 4) is 0 Å². The van der Waals surface area contributed by atoms with E-state index in [4.69, 9.17) is 4.74 Å². The maximum Gasteiger partial charge on any atom is 0.343 e. The molecular formula is C8H9N3O2. The first kappa shape index (κ1) is 7.85. The quantitative estimate of drug-likeness (QED) is 0.695. The molecule has 0 aliphatic carbocycles. The Hall–Kier alpha value is -1.78. The van der Waals surface area contributed by atoms with E-state index in [1.54, 1.807) is 30.0 Å². The van der Waals surface area contributed by atoms with E-state index < -0.39 is 0 Å². The molecule has 0 amide bonds. The number of carbonyl (C=O) groups is 1. The van der Waals surface area contributed by atoms with Crippen molar-refractivity contribution in [2.45, 2.75) is 6.92 Å². The summed E-state index contributed by atoms with van der Waals surface area (Å²) < 4.78 is 6.51. The second-order valence-electron chi connectivity index (χ2n) is 2.53. The molecule has 68 valence electrons. The number of aromatic amines is 1. The summed E-state index contributed by atoms with van der Waals surface area (Å²) in [4.78, 5) is 15.3. The Bertz CT molecular complexity index is 429. The number of nitrogens with one attached hydrogen (secondary N) is 1. The lowest BCUT2D eigenvalue weighted by atomic mass is 10.3. The SMILES string of the molecule is CCOC(=O)c1c[nH]n2ccnc12. The highest BCUT2D eigenvalue weighted by atomic mass is 16.5. The summed E-state index contributed by atoms with van der Waals surface area (Å²) in [5, 5.41) is 2.86. The van der Waals surface area contributed by atoms with E-state index in [0.29, 0.717) is 17.8 Å². The zero-order valence-corrected chi connectivity index (χ0v) is 7.15. The summed E-state index contributed by atoms with van der Waals surface area (Å²) in [6, 6.07) is 0. The molecule has 5 heteroatoms. The van der Waals surface area contributed by atoms with Crippen molar-refractivity contribution in [3.63, 3.8) is 0 Å². The number of fused-ring (bicyclic) bond motifs is 1. The van der Waals surface area contributed by atoms with E-state index in [0.717, 1.165) is 0 Å². The highest BCUT2D eigenvalue weighted by Gasteiger charge is 2.13. The number of aromatic nitrogens is 3. The minimum absolute atomic E-state index is 0.347. The Kier molecular flexibility index (Phi) is 1.77. The maximum atomic E-state index is 11.3. The fourth-order valence-corrected chi connectivity index (χ4v) is 1.16. The Labute approximate surface area is 74.3 Å². The summed E-state index contributed by atoms with van der Waals surface area (Å²) in [6.07, 6.45) is 4.94. The number of esters is 1. The van der Waals surface area contributed by atoms with Crippen LogP contribution in [0.2, 0.25) is 0 Å². The standard InChI is InChI=1S/C8H9N3O2/c1-2-13-8(12)6-5-10-11-4-3-9-7(6)11/h3-5,10H,2H2,1H3. The van der Waals surface area contributed by atoms with Crippen molar-refractivity contribution in [1.29, 1.82) is 0 Å². The van der Waals surface area contributed by atoms with Gasteiger partial charge in [-0.05, 0) is 6.92 Å². The topological polar surface area (TPSA) is 59.4 Å². The number of hydrogen-bond acceptors (Lipinski definition) is 3. The lowest BCUT2D eigenvalue weighted by molar-refractivity contribution is 0.0528. The van der Waals surface area contributed by atoms with Crippen LogP contribution < -0.4 is 0 Å². The third-order valence-electron chi connectivity index (χ3n) is 1.72.